The third-order valence-corrected chi connectivity index (χ3v) is 6.28. The van der Waals surface area contributed by atoms with Gasteiger partial charge in [0.1, 0.15) is 15.7 Å². The summed E-state index contributed by atoms with van der Waals surface area (Å²) in [6.07, 6.45) is 0. The number of carbonyl (C=O) groups is 1. The molecule has 0 aliphatic rings. The first kappa shape index (κ1) is 19.9. The number of aromatic nitrogens is 1. The number of primary sulfonamides is 1. The van der Waals surface area contributed by atoms with Gasteiger partial charge in [0.15, 0.2) is 11.5 Å². The highest BCUT2D eigenvalue weighted by Crippen LogP contribution is 2.33. The van der Waals surface area contributed by atoms with Crippen LogP contribution < -0.4 is 19.9 Å². The van der Waals surface area contributed by atoms with Crippen LogP contribution in [-0.2, 0) is 16.6 Å². The van der Waals surface area contributed by atoms with Crippen molar-refractivity contribution in [3.8, 4) is 22.8 Å². The molecule has 0 unspecified atom stereocenters. The molecule has 9 nitrogen and oxygen atoms in total. The molecule has 0 aliphatic carbocycles. The SMILES string of the molecule is COc1ccc(OC)c(-c2cc(C(=O)NCc3ccc(S(N)(=O)=O)s3)no2)c1. The number of amides is 1. The molecule has 148 valence electrons. The fourth-order valence-electron chi connectivity index (χ4n) is 2.38. The van der Waals surface area contributed by atoms with E-state index in [0.717, 1.165) is 11.3 Å². The van der Waals surface area contributed by atoms with Crippen molar-refractivity contribution >= 4 is 27.3 Å². The van der Waals surface area contributed by atoms with E-state index in [1.807, 2.05) is 0 Å². The molecule has 2 heterocycles. The lowest BCUT2D eigenvalue weighted by Crippen LogP contribution is -2.22. The number of ether oxygens (including phenoxy) is 2. The predicted octanol–water partition coefficient (Wildman–Crippen LogP) is 2.00. The van der Waals surface area contributed by atoms with Gasteiger partial charge in [-0.3, -0.25) is 4.79 Å². The lowest BCUT2D eigenvalue weighted by Gasteiger charge is -2.07. The highest BCUT2D eigenvalue weighted by molar-refractivity contribution is 7.91. The van der Waals surface area contributed by atoms with Crippen LogP contribution in [0.3, 0.4) is 0 Å². The molecular weight excluding hydrogens is 406 g/mol. The molecule has 0 saturated heterocycles. The van der Waals surface area contributed by atoms with Gasteiger partial charge >= 0.3 is 0 Å². The minimum atomic E-state index is -3.76. The molecule has 3 aromatic rings. The van der Waals surface area contributed by atoms with Crippen LogP contribution in [0.2, 0.25) is 0 Å². The second-order valence-electron chi connectivity index (χ2n) is 5.59. The van der Waals surface area contributed by atoms with Gasteiger partial charge in [0.05, 0.1) is 26.3 Å². The molecule has 0 saturated carbocycles. The summed E-state index contributed by atoms with van der Waals surface area (Å²) in [5.41, 5.74) is 0.660. The minimum absolute atomic E-state index is 0.0330. The first-order valence-electron chi connectivity index (χ1n) is 7.90. The molecule has 0 atom stereocenters. The monoisotopic (exact) mass is 423 g/mol. The van der Waals surface area contributed by atoms with Crippen LogP contribution in [0.25, 0.3) is 11.3 Å². The smallest absolute Gasteiger partial charge is 0.273 e. The summed E-state index contributed by atoms with van der Waals surface area (Å²) in [5, 5.41) is 11.5. The van der Waals surface area contributed by atoms with E-state index in [-0.39, 0.29) is 16.4 Å². The minimum Gasteiger partial charge on any atom is -0.497 e. The van der Waals surface area contributed by atoms with E-state index < -0.39 is 15.9 Å². The van der Waals surface area contributed by atoms with Gasteiger partial charge in [-0.1, -0.05) is 5.16 Å². The number of methoxy groups -OCH3 is 2. The van der Waals surface area contributed by atoms with Crippen LogP contribution in [0.5, 0.6) is 11.5 Å². The summed E-state index contributed by atoms with van der Waals surface area (Å²) in [6, 6.07) is 9.63. The van der Waals surface area contributed by atoms with Gasteiger partial charge in [0.25, 0.3) is 5.91 Å². The van der Waals surface area contributed by atoms with E-state index >= 15 is 0 Å². The molecule has 28 heavy (non-hydrogen) atoms. The Morgan fingerprint density at radius 3 is 2.64 bits per heavy atom. The average Bonchev–Trinajstić information content (AvgIpc) is 3.35. The molecule has 1 amide bonds. The lowest BCUT2D eigenvalue weighted by atomic mass is 10.1. The van der Waals surface area contributed by atoms with E-state index in [9.17, 15) is 13.2 Å². The zero-order valence-electron chi connectivity index (χ0n) is 15.0. The number of nitrogens with two attached hydrogens (primary N) is 1. The number of nitrogens with zero attached hydrogens (tertiary/aromatic N) is 1. The number of hydrogen-bond acceptors (Lipinski definition) is 8. The number of benzene rings is 1. The summed E-state index contributed by atoms with van der Waals surface area (Å²) in [5.74, 6) is 1.01. The molecule has 0 radical (unpaired) electrons. The Labute approximate surface area is 165 Å². The third kappa shape index (κ3) is 4.32. The third-order valence-electron chi connectivity index (χ3n) is 3.76. The van der Waals surface area contributed by atoms with Crippen molar-refractivity contribution < 1.29 is 27.2 Å². The second kappa shape index (κ2) is 8.00. The number of nitrogens with one attached hydrogen (secondary N) is 1. The molecule has 0 fully saturated rings. The van der Waals surface area contributed by atoms with Crippen LogP contribution in [0, 0.1) is 0 Å². The van der Waals surface area contributed by atoms with Crippen LogP contribution in [0.4, 0.5) is 0 Å². The standard InChI is InChI=1S/C17H17N3O6S2/c1-24-10-3-5-14(25-2)12(7-10)15-8-13(20-26-15)17(21)19-9-11-4-6-16(27-11)28(18,22)23/h3-8H,9H2,1-2H3,(H,19,21)(H2,18,22,23). The van der Waals surface area contributed by atoms with E-state index in [1.165, 1.54) is 26.4 Å². The fourth-order valence-corrected chi connectivity index (χ4v) is 4.10. The Hall–Kier alpha value is -2.89. The Bertz CT molecular complexity index is 1100. The maximum absolute atomic E-state index is 12.3. The molecule has 1 aromatic carbocycles. The molecule has 3 rings (SSSR count). The predicted molar refractivity (Wildman–Crippen MR) is 102 cm³/mol. The number of carbonyl (C=O) groups excluding carboxylic acids is 1. The number of sulfonamides is 1. The maximum atomic E-state index is 12.3. The van der Waals surface area contributed by atoms with Crippen molar-refractivity contribution in [3.63, 3.8) is 0 Å². The zero-order valence-corrected chi connectivity index (χ0v) is 16.6. The quantitative estimate of drug-likeness (QED) is 0.593. The normalized spacial score (nSPS) is 11.2. The summed E-state index contributed by atoms with van der Waals surface area (Å²) in [7, 11) is -0.698. The van der Waals surface area contributed by atoms with Gasteiger partial charge in [-0.25, -0.2) is 13.6 Å². The van der Waals surface area contributed by atoms with Crippen molar-refractivity contribution in [2.45, 2.75) is 10.8 Å². The first-order chi connectivity index (χ1) is 13.3. The van der Waals surface area contributed by atoms with Crippen LogP contribution in [0.15, 0.2) is 45.1 Å². The van der Waals surface area contributed by atoms with Gasteiger partial charge in [0, 0.05) is 10.9 Å². The molecule has 0 spiro atoms. The molecule has 3 N–H and O–H groups in total. The molecule has 11 heteroatoms. The Morgan fingerprint density at radius 1 is 1.21 bits per heavy atom. The van der Waals surface area contributed by atoms with Gasteiger partial charge in [-0.15, -0.1) is 11.3 Å². The molecule has 2 aromatic heterocycles. The van der Waals surface area contributed by atoms with Crippen molar-refractivity contribution in [3.05, 3.63) is 47.0 Å². The highest BCUT2D eigenvalue weighted by atomic mass is 32.2. The van der Waals surface area contributed by atoms with Crippen LogP contribution in [-0.4, -0.2) is 33.7 Å². The lowest BCUT2D eigenvalue weighted by molar-refractivity contribution is 0.0942. The van der Waals surface area contributed by atoms with Gasteiger partial charge in [0.2, 0.25) is 10.0 Å². The largest absolute Gasteiger partial charge is 0.497 e. The second-order valence-corrected chi connectivity index (χ2v) is 8.55. The Balaban J connectivity index is 1.73. The molecule has 0 bridgehead atoms. The van der Waals surface area contributed by atoms with E-state index in [4.69, 9.17) is 19.1 Å². The Morgan fingerprint density at radius 2 is 2.00 bits per heavy atom. The number of hydrogen-bond donors (Lipinski definition) is 2. The number of thiophene rings is 1. The summed E-state index contributed by atoms with van der Waals surface area (Å²) < 4.78 is 38.4. The number of rotatable bonds is 7. The van der Waals surface area contributed by atoms with Gasteiger partial charge < -0.3 is 19.3 Å². The zero-order chi connectivity index (χ0) is 20.3. The van der Waals surface area contributed by atoms with Crippen LogP contribution >= 0.6 is 11.3 Å². The van der Waals surface area contributed by atoms with Gasteiger partial charge in [-0.2, -0.15) is 0 Å². The van der Waals surface area contributed by atoms with E-state index in [1.54, 1.807) is 24.3 Å². The summed E-state index contributed by atoms with van der Waals surface area (Å²) in [6.45, 7) is 0.129. The fraction of sp³-hybridized carbons (Fsp3) is 0.176. The molecule has 0 aliphatic heterocycles. The first-order valence-corrected chi connectivity index (χ1v) is 10.3. The van der Waals surface area contributed by atoms with Crippen molar-refractivity contribution in [1.82, 2.24) is 10.5 Å². The summed E-state index contributed by atoms with van der Waals surface area (Å²) >= 11 is 0.986. The topological polar surface area (TPSA) is 134 Å². The summed E-state index contributed by atoms with van der Waals surface area (Å²) in [4.78, 5) is 13.0. The van der Waals surface area contributed by atoms with E-state index in [2.05, 4.69) is 10.5 Å². The van der Waals surface area contributed by atoms with Crippen molar-refractivity contribution in [1.29, 1.82) is 0 Å². The Kier molecular flexibility index (Phi) is 5.68. The molecular formula is C17H17N3O6S2. The maximum Gasteiger partial charge on any atom is 0.273 e. The average molecular weight is 423 g/mol. The van der Waals surface area contributed by atoms with E-state index in [0.29, 0.717) is 27.7 Å². The van der Waals surface area contributed by atoms with Crippen molar-refractivity contribution in [2.75, 3.05) is 14.2 Å². The highest BCUT2D eigenvalue weighted by Gasteiger charge is 2.18. The van der Waals surface area contributed by atoms with Gasteiger partial charge in [-0.05, 0) is 30.3 Å². The van der Waals surface area contributed by atoms with Crippen molar-refractivity contribution in [2.24, 2.45) is 5.14 Å². The van der Waals surface area contributed by atoms with Crippen LogP contribution in [0.1, 0.15) is 15.4 Å².